The van der Waals surface area contributed by atoms with Crippen molar-refractivity contribution in [2.45, 2.75) is 12.6 Å². The third kappa shape index (κ3) is 1.91. The van der Waals surface area contributed by atoms with E-state index in [4.69, 9.17) is 0 Å². The summed E-state index contributed by atoms with van der Waals surface area (Å²) in [5.41, 5.74) is 2.62. The van der Waals surface area contributed by atoms with Gasteiger partial charge >= 0.3 is 0 Å². The first-order valence-corrected chi connectivity index (χ1v) is 7.48. The maximum absolute atomic E-state index is 12.9. The fourth-order valence-corrected chi connectivity index (χ4v) is 3.34. The van der Waals surface area contributed by atoms with Gasteiger partial charge in [-0.3, -0.25) is 9.59 Å². The molecule has 0 radical (unpaired) electrons. The van der Waals surface area contributed by atoms with Gasteiger partial charge in [0.25, 0.3) is 5.91 Å². The minimum atomic E-state index is -0.443. The molecule has 2 aromatic carbocycles. The average molecular weight is 292 g/mol. The van der Waals surface area contributed by atoms with Crippen LogP contribution in [0.2, 0.25) is 0 Å². The second-order valence-corrected chi connectivity index (χ2v) is 5.73. The quantitative estimate of drug-likeness (QED) is 0.851. The molecule has 22 heavy (non-hydrogen) atoms. The summed E-state index contributed by atoms with van der Waals surface area (Å²) in [6.07, 6.45) is 0. The fourth-order valence-electron chi connectivity index (χ4n) is 3.34. The van der Waals surface area contributed by atoms with Gasteiger partial charge in [0.2, 0.25) is 5.91 Å². The molecule has 1 atom stereocenters. The SMILES string of the molecule is O=C1C2c3ccccc3C(=O)N2CCN1Cc1ccccc1. The van der Waals surface area contributed by atoms with E-state index in [1.54, 1.807) is 4.90 Å². The van der Waals surface area contributed by atoms with Crippen LogP contribution >= 0.6 is 0 Å². The number of nitrogens with zero attached hydrogens (tertiary/aromatic N) is 2. The molecule has 0 bridgehead atoms. The molecular formula is C18H16N2O2. The van der Waals surface area contributed by atoms with E-state index >= 15 is 0 Å². The van der Waals surface area contributed by atoms with Gasteiger partial charge in [-0.25, -0.2) is 0 Å². The van der Waals surface area contributed by atoms with Gasteiger partial charge in [0.05, 0.1) is 0 Å². The molecule has 0 N–H and O–H groups in total. The Morgan fingerprint density at radius 3 is 2.45 bits per heavy atom. The maximum Gasteiger partial charge on any atom is 0.255 e. The van der Waals surface area contributed by atoms with Gasteiger partial charge in [0, 0.05) is 25.2 Å². The summed E-state index contributed by atoms with van der Waals surface area (Å²) in [6.45, 7) is 1.78. The highest BCUT2D eigenvalue weighted by atomic mass is 16.2. The number of benzene rings is 2. The molecule has 2 aliphatic heterocycles. The van der Waals surface area contributed by atoms with Crippen LogP contribution < -0.4 is 0 Å². The Morgan fingerprint density at radius 2 is 1.64 bits per heavy atom. The summed E-state index contributed by atoms with van der Waals surface area (Å²) in [5, 5.41) is 0. The van der Waals surface area contributed by atoms with Crippen molar-refractivity contribution in [3.8, 4) is 0 Å². The van der Waals surface area contributed by atoms with E-state index in [0.29, 0.717) is 25.2 Å². The number of hydrogen-bond donors (Lipinski definition) is 0. The Labute approximate surface area is 129 Å². The van der Waals surface area contributed by atoms with Crippen molar-refractivity contribution in [3.05, 3.63) is 71.3 Å². The molecule has 2 aromatic rings. The zero-order chi connectivity index (χ0) is 15.1. The van der Waals surface area contributed by atoms with E-state index in [2.05, 4.69) is 0 Å². The van der Waals surface area contributed by atoms with E-state index in [0.717, 1.165) is 11.1 Å². The Kier molecular flexibility index (Phi) is 2.96. The van der Waals surface area contributed by atoms with Crippen molar-refractivity contribution in [2.24, 2.45) is 0 Å². The molecule has 110 valence electrons. The molecule has 1 unspecified atom stereocenters. The van der Waals surface area contributed by atoms with Gasteiger partial charge in [0.15, 0.2) is 0 Å². The second kappa shape index (κ2) is 4.98. The van der Waals surface area contributed by atoms with Gasteiger partial charge in [0.1, 0.15) is 6.04 Å². The lowest BCUT2D eigenvalue weighted by Crippen LogP contribution is -2.50. The van der Waals surface area contributed by atoms with Crippen LogP contribution in [0.4, 0.5) is 0 Å². The van der Waals surface area contributed by atoms with Gasteiger partial charge in [-0.15, -0.1) is 0 Å². The van der Waals surface area contributed by atoms with E-state index in [1.165, 1.54) is 0 Å². The van der Waals surface area contributed by atoms with Crippen molar-refractivity contribution in [1.29, 1.82) is 0 Å². The van der Waals surface area contributed by atoms with Gasteiger partial charge in [-0.05, 0) is 17.2 Å². The number of carbonyl (C=O) groups excluding carboxylic acids is 2. The van der Waals surface area contributed by atoms with Crippen LogP contribution in [0.5, 0.6) is 0 Å². The minimum absolute atomic E-state index is 0.0201. The molecule has 2 heterocycles. The predicted octanol–water partition coefficient (Wildman–Crippen LogP) is 2.23. The molecule has 0 aliphatic carbocycles. The molecular weight excluding hydrogens is 276 g/mol. The number of fused-ring (bicyclic) bond motifs is 3. The topological polar surface area (TPSA) is 40.6 Å². The van der Waals surface area contributed by atoms with Crippen LogP contribution in [0.25, 0.3) is 0 Å². The lowest BCUT2D eigenvalue weighted by Gasteiger charge is -2.37. The number of amides is 2. The molecule has 4 rings (SSSR count). The highest BCUT2D eigenvalue weighted by Gasteiger charge is 2.45. The predicted molar refractivity (Wildman–Crippen MR) is 82.1 cm³/mol. The summed E-state index contributed by atoms with van der Waals surface area (Å²) < 4.78 is 0. The Balaban J connectivity index is 1.64. The van der Waals surface area contributed by atoms with Gasteiger partial charge in [-0.1, -0.05) is 48.5 Å². The summed E-state index contributed by atoms with van der Waals surface area (Å²) in [4.78, 5) is 28.8. The Hall–Kier alpha value is -2.62. The lowest BCUT2D eigenvalue weighted by atomic mass is 10.0. The largest absolute Gasteiger partial charge is 0.334 e. The Morgan fingerprint density at radius 1 is 0.909 bits per heavy atom. The molecule has 2 aliphatic rings. The summed E-state index contributed by atoms with van der Waals surface area (Å²) in [6, 6.07) is 17.0. The van der Waals surface area contributed by atoms with Gasteiger partial charge in [-0.2, -0.15) is 0 Å². The molecule has 4 nitrogen and oxygen atoms in total. The third-order valence-corrected chi connectivity index (χ3v) is 4.43. The molecule has 1 fully saturated rings. The number of hydrogen-bond acceptors (Lipinski definition) is 2. The van der Waals surface area contributed by atoms with Crippen molar-refractivity contribution >= 4 is 11.8 Å². The standard InChI is InChI=1S/C18H16N2O2/c21-17-15-9-5-4-8-14(15)16-18(22)19(10-11-20(16)17)12-13-6-2-1-3-7-13/h1-9,16H,10-12H2. The van der Waals surface area contributed by atoms with E-state index in [9.17, 15) is 9.59 Å². The molecule has 4 heteroatoms. The van der Waals surface area contributed by atoms with E-state index in [-0.39, 0.29) is 11.8 Å². The normalized spacial score (nSPS) is 20.1. The number of piperazine rings is 1. The van der Waals surface area contributed by atoms with Crippen molar-refractivity contribution in [3.63, 3.8) is 0 Å². The van der Waals surface area contributed by atoms with Crippen LogP contribution in [0.15, 0.2) is 54.6 Å². The zero-order valence-electron chi connectivity index (χ0n) is 12.1. The first kappa shape index (κ1) is 13.1. The van der Waals surface area contributed by atoms with Crippen LogP contribution in [0.3, 0.4) is 0 Å². The minimum Gasteiger partial charge on any atom is -0.334 e. The molecule has 0 aromatic heterocycles. The highest BCUT2D eigenvalue weighted by Crippen LogP contribution is 2.37. The molecule has 0 saturated carbocycles. The summed E-state index contributed by atoms with van der Waals surface area (Å²) in [7, 11) is 0. The number of carbonyl (C=O) groups is 2. The van der Waals surface area contributed by atoms with Crippen LogP contribution in [-0.4, -0.2) is 34.7 Å². The number of rotatable bonds is 2. The molecule has 0 spiro atoms. The van der Waals surface area contributed by atoms with Crippen LogP contribution in [-0.2, 0) is 11.3 Å². The van der Waals surface area contributed by atoms with Crippen molar-refractivity contribution in [2.75, 3.05) is 13.1 Å². The van der Waals surface area contributed by atoms with E-state index in [1.807, 2.05) is 59.5 Å². The first-order chi connectivity index (χ1) is 10.8. The van der Waals surface area contributed by atoms with Crippen LogP contribution in [0, 0.1) is 0 Å². The highest BCUT2D eigenvalue weighted by molar-refractivity contribution is 6.05. The zero-order valence-corrected chi connectivity index (χ0v) is 12.1. The summed E-state index contributed by atoms with van der Waals surface area (Å²) >= 11 is 0. The van der Waals surface area contributed by atoms with Crippen molar-refractivity contribution < 1.29 is 9.59 Å². The smallest absolute Gasteiger partial charge is 0.255 e. The van der Waals surface area contributed by atoms with Crippen molar-refractivity contribution in [1.82, 2.24) is 9.80 Å². The fraction of sp³-hybridized carbons (Fsp3) is 0.222. The van der Waals surface area contributed by atoms with E-state index < -0.39 is 6.04 Å². The molecule has 1 saturated heterocycles. The lowest BCUT2D eigenvalue weighted by molar-refractivity contribution is -0.140. The third-order valence-electron chi connectivity index (χ3n) is 4.43. The Bertz CT molecular complexity index is 742. The average Bonchev–Trinajstić information content (AvgIpc) is 2.85. The van der Waals surface area contributed by atoms with Crippen LogP contribution in [0.1, 0.15) is 27.5 Å². The van der Waals surface area contributed by atoms with Gasteiger partial charge < -0.3 is 9.80 Å². The maximum atomic E-state index is 12.9. The molecule has 2 amide bonds. The second-order valence-electron chi connectivity index (χ2n) is 5.73. The monoisotopic (exact) mass is 292 g/mol. The first-order valence-electron chi connectivity index (χ1n) is 7.48. The summed E-state index contributed by atoms with van der Waals surface area (Å²) in [5.74, 6) is 0.00159.